The summed E-state index contributed by atoms with van der Waals surface area (Å²) in [6.07, 6.45) is 0. The second kappa shape index (κ2) is 15.4. The number of rotatable bonds is 7. The first-order valence-electron chi connectivity index (χ1n) is 21.8. The largest absolute Gasteiger partial charge is 0.311 e. The topological polar surface area (TPSA) is 6.48 Å². The van der Waals surface area contributed by atoms with E-state index in [0.717, 1.165) is 11.4 Å². The van der Waals surface area contributed by atoms with E-state index < -0.39 is 0 Å². The summed E-state index contributed by atoms with van der Waals surface area (Å²) in [5.74, 6) is 0. The van der Waals surface area contributed by atoms with Crippen LogP contribution in [0.5, 0.6) is 0 Å². The van der Waals surface area contributed by atoms with Crippen molar-refractivity contribution in [2.75, 3.05) is 9.80 Å². The normalized spacial score (nSPS) is 12.3. The fourth-order valence-corrected chi connectivity index (χ4v) is 10.0. The van der Waals surface area contributed by atoms with Crippen molar-refractivity contribution < 1.29 is 0 Å². The molecule has 0 fully saturated rings. The Hall–Kier alpha value is -8.14. The molecule has 12 rings (SSSR count). The Balaban J connectivity index is 1.18. The van der Waals surface area contributed by atoms with Crippen molar-refractivity contribution >= 4 is 57.2 Å². The third-order valence-corrected chi connectivity index (χ3v) is 12.9. The predicted octanol–water partition coefficient (Wildman–Crippen LogP) is 14.1. The minimum atomic E-state index is -0.0652. The third-order valence-electron chi connectivity index (χ3n) is 12.9. The average molecular weight is 801 g/mol. The summed E-state index contributed by atoms with van der Waals surface area (Å²) in [5, 5.41) is 0. The van der Waals surface area contributed by atoms with Crippen LogP contribution in [-0.4, -0.2) is 6.71 Å². The number of para-hydroxylation sites is 1. The summed E-state index contributed by atoms with van der Waals surface area (Å²) >= 11 is 0. The highest BCUT2D eigenvalue weighted by Gasteiger charge is 2.45. The zero-order valence-electron chi connectivity index (χ0n) is 34.6. The number of nitrogens with zero attached hydrogens (tertiary/aromatic N) is 2. The van der Waals surface area contributed by atoms with Crippen LogP contribution < -0.4 is 26.2 Å². The lowest BCUT2D eigenvalue weighted by molar-refractivity contribution is 1.25. The van der Waals surface area contributed by atoms with E-state index in [1.807, 2.05) is 0 Å². The Morgan fingerprint density at radius 1 is 0.254 bits per heavy atom. The number of hydrogen-bond donors (Lipinski definition) is 0. The zero-order chi connectivity index (χ0) is 41.7. The lowest BCUT2D eigenvalue weighted by Gasteiger charge is -2.45. The number of anilines is 6. The first-order valence-corrected chi connectivity index (χ1v) is 21.8. The van der Waals surface area contributed by atoms with Gasteiger partial charge >= 0.3 is 0 Å². The highest BCUT2D eigenvalue weighted by Crippen LogP contribution is 2.49. The Morgan fingerprint density at radius 2 is 0.651 bits per heavy atom. The lowest BCUT2D eigenvalue weighted by Crippen LogP contribution is -2.62. The Labute approximate surface area is 369 Å². The number of fused-ring (bicyclic) bond motifs is 4. The van der Waals surface area contributed by atoms with Crippen LogP contribution in [0.2, 0.25) is 0 Å². The molecule has 294 valence electrons. The van der Waals surface area contributed by atoms with Crippen molar-refractivity contribution in [3.63, 3.8) is 0 Å². The molecule has 2 aliphatic rings. The Bertz CT molecular complexity index is 3240. The maximum atomic E-state index is 2.56. The smallest absolute Gasteiger partial charge is 0.252 e. The van der Waals surface area contributed by atoms with Crippen LogP contribution in [0.15, 0.2) is 249 Å². The molecule has 10 aromatic rings. The summed E-state index contributed by atoms with van der Waals surface area (Å²) in [4.78, 5) is 5.09. The molecule has 0 radical (unpaired) electrons. The van der Waals surface area contributed by atoms with Crippen molar-refractivity contribution in [2.24, 2.45) is 0 Å². The van der Waals surface area contributed by atoms with Crippen molar-refractivity contribution in [2.45, 2.75) is 0 Å². The van der Waals surface area contributed by atoms with Crippen molar-refractivity contribution in [1.82, 2.24) is 0 Å². The minimum absolute atomic E-state index is 0.0652. The van der Waals surface area contributed by atoms with Gasteiger partial charge in [0.2, 0.25) is 0 Å². The molecular formula is C60H41BN2. The van der Waals surface area contributed by atoms with Crippen LogP contribution in [0, 0.1) is 0 Å². The molecule has 0 bridgehead atoms. The maximum Gasteiger partial charge on any atom is 0.252 e. The van der Waals surface area contributed by atoms with Crippen molar-refractivity contribution in [3.05, 3.63) is 249 Å². The molecule has 0 unspecified atom stereocenters. The van der Waals surface area contributed by atoms with E-state index in [-0.39, 0.29) is 6.71 Å². The van der Waals surface area contributed by atoms with Gasteiger partial charge in [-0.1, -0.05) is 206 Å². The Morgan fingerprint density at radius 3 is 1.17 bits per heavy atom. The van der Waals surface area contributed by atoms with Crippen LogP contribution >= 0.6 is 0 Å². The second-order valence-corrected chi connectivity index (χ2v) is 16.4. The molecule has 0 amide bonds. The molecule has 2 aliphatic heterocycles. The first kappa shape index (κ1) is 36.7. The predicted molar refractivity (Wildman–Crippen MR) is 268 cm³/mol. The fraction of sp³-hybridized carbons (Fsp3) is 0. The molecule has 0 atom stereocenters. The van der Waals surface area contributed by atoms with E-state index in [4.69, 9.17) is 0 Å². The van der Waals surface area contributed by atoms with Crippen molar-refractivity contribution in [3.8, 4) is 55.6 Å². The quantitative estimate of drug-likeness (QED) is 0.148. The summed E-state index contributed by atoms with van der Waals surface area (Å²) in [6, 6.07) is 91.1. The van der Waals surface area contributed by atoms with Gasteiger partial charge in [0.25, 0.3) is 6.71 Å². The van der Waals surface area contributed by atoms with E-state index in [1.165, 1.54) is 94.8 Å². The van der Waals surface area contributed by atoms with E-state index in [0.29, 0.717) is 0 Å². The zero-order valence-corrected chi connectivity index (χ0v) is 34.6. The summed E-state index contributed by atoms with van der Waals surface area (Å²) in [7, 11) is 0. The number of benzene rings is 10. The SMILES string of the molecule is c1ccc(-c2ccc(N3c4cccc(-c5ccccc5)c4B4c5cccc(-c6ccccc6)c5N(c5ccc(-c6ccccc6)cc5)c5cc(-c6ccccc6)cc3c54)cc2)cc1. The van der Waals surface area contributed by atoms with Gasteiger partial charge in [-0.25, -0.2) is 0 Å². The maximum absolute atomic E-state index is 2.56. The Kier molecular flexibility index (Phi) is 8.97. The fourth-order valence-electron chi connectivity index (χ4n) is 10.0. The highest BCUT2D eigenvalue weighted by atomic mass is 15.2. The van der Waals surface area contributed by atoms with Crippen LogP contribution in [0.1, 0.15) is 0 Å². The standard InChI is InChI=1S/C60H41BN2/c1-6-18-42(19-7-1)45-32-36-50(37-33-45)62-55-31-17-28-52(47-24-12-4-13-25-47)58(55)61-54-30-16-29-53(48-26-14-5-15-27-48)60(54)63(51-38-34-46(35-39-51)43-20-8-2-9-21-43)57-41-49(40-56(62)59(57)61)44-22-10-3-11-23-44/h1-41H. The van der Waals surface area contributed by atoms with Crippen LogP contribution in [-0.2, 0) is 0 Å². The second-order valence-electron chi connectivity index (χ2n) is 16.4. The van der Waals surface area contributed by atoms with Crippen LogP contribution in [0.4, 0.5) is 34.1 Å². The van der Waals surface area contributed by atoms with Gasteiger partial charge in [0.1, 0.15) is 0 Å². The molecule has 0 saturated heterocycles. The van der Waals surface area contributed by atoms with Gasteiger partial charge in [-0.15, -0.1) is 0 Å². The monoisotopic (exact) mass is 800 g/mol. The van der Waals surface area contributed by atoms with Crippen LogP contribution in [0.3, 0.4) is 0 Å². The average Bonchev–Trinajstić information content (AvgIpc) is 3.37. The summed E-state index contributed by atoms with van der Waals surface area (Å²) in [5.41, 5.74) is 22.9. The van der Waals surface area contributed by atoms with Gasteiger partial charge in [0.05, 0.1) is 0 Å². The third kappa shape index (κ3) is 6.28. The first-order chi connectivity index (χ1) is 31.3. The van der Waals surface area contributed by atoms with Gasteiger partial charge in [-0.3, -0.25) is 0 Å². The molecule has 2 heterocycles. The van der Waals surface area contributed by atoms with E-state index >= 15 is 0 Å². The minimum Gasteiger partial charge on any atom is -0.311 e. The van der Waals surface area contributed by atoms with E-state index in [2.05, 4.69) is 259 Å². The molecule has 2 nitrogen and oxygen atoms in total. The molecule has 0 saturated carbocycles. The number of hydrogen-bond acceptors (Lipinski definition) is 2. The molecule has 3 heteroatoms. The summed E-state index contributed by atoms with van der Waals surface area (Å²) < 4.78 is 0. The molecule has 0 aromatic heterocycles. The summed E-state index contributed by atoms with van der Waals surface area (Å²) in [6.45, 7) is -0.0652. The molecule has 0 N–H and O–H groups in total. The van der Waals surface area contributed by atoms with Crippen LogP contribution in [0.25, 0.3) is 55.6 Å². The molecular weight excluding hydrogens is 759 g/mol. The van der Waals surface area contributed by atoms with Gasteiger partial charge in [-0.05, 0) is 109 Å². The van der Waals surface area contributed by atoms with E-state index in [9.17, 15) is 0 Å². The van der Waals surface area contributed by atoms with Crippen molar-refractivity contribution in [1.29, 1.82) is 0 Å². The molecule has 10 aromatic carbocycles. The van der Waals surface area contributed by atoms with Gasteiger partial charge in [0, 0.05) is 39.7 Å². The molecule has 0 spiro atoms. The van der Waals surface area contributed by atoms with E-state index in [1.54, 1.807) is 0 Å². The lowest BCUT2D eigenvalue weighted by atomic mass is 9.32. The molecule has 0 aliphatic carbocycles. The van der Waals surface area contributed by atoms with Gasteiger partial charge < -0.3 is 9.80 Å². The van der Waals surface area contributed by atoms with Gasteiger partial charge in [0.15, 0.2) is 0 Å². The highest BCUT2D eigenvalue weighted by molar-refractivity contribution is 7.01. The molecule has 63 heavy (non-hydrogen) atoms. The van der Waals surface area contributed by atoms with Gasteiger partial charge in [-0.2, -0.15) is 0 Å².